The first-order chi connectivity index (χ1) is 10.6. The molecule has 22 heavy (non-hydrogen) atoms. The fraction of sp³-hybridized carbons (Fsp3) is 0.357. The third-order valence-electron chi connectivity index (χ3n) is 2.82. The maximum Gasteiger partial charge on any atom is 0.347 e. The molecule has 8 nitrogen and oxygen atoms in total. The van der Waals surface area contributed by atoms with Gasteiger partial charge in [-0.25, -0.2) is 4.79 Å². The molecule has 1 amide bonds. The zero-order valence-electron chi connectivity index (χ0n) is 12.3. The number of likely N-dealkylation sites (N-methyl/N-ethyl adjacent to an activating group) is 1. The van der Waals surface area contributed by atoms with Gasteiger partial charge in [0.05, 0.1) is 5.71 Å². The first-order valence-corrected chi connectivity index (χ1v) is 6.53. The fourth-order valence-corrected chi connectivity index (χ4v) is 1.62. The van der Waals surface area contributed by atoms with Crippen LogP contribution in [0.5, 0.6) is 11.5 Å². The molecular formula is C14H16N2O6. The molecule has 0 fully saturated rings. The third kappa shape index (κ3) is 4.11. The minimum atomic E-state index is -0.675. The Hall–Kier alpha value is -2.77. The Morgan fingerprint density at radius 3 is 2.82 bits per heavy atom. The van der Waals surface area contributed by atoms with Crippen molar-refractivity contribution in [1.29, 1.82) is 0 Å². The largest absolute Gasteiger partial charge is 0.454 e. The molecule has 0 unspecified atom stereocenters. The van der Waals surface area contributed by atoms with Gasteiger partial charge in [0.15, 0.2) is 18.1 Å². The first-order valence-electron chi connectivity index (χ1n) is 6.53. The van der Waals surface area contributed by atoms with Gasteiger partial charge in [0.2, 0.25) is 13.4 Å². The average Bonchev–Trinajstić information content (AvgIpc) is 2.99. The molecule has 0 aromatic heterocycles. The number of carbonyl (C=O) groups is 2. The van der Waals surface area contributed by atoms with Crippen molar-refractivity contribution in [2.75, 3.05) is 27.1 Å². The first kappa shape index (κ1) is 15.6. The lowest BCUT2D eigenvalue weighted by molar-refractivity contribution is -0.152. The molecule has 1 aliphatic heterocycles. The van der Waals surface area contributed by atoms with Crippen molar-refractivity contribution in [2.45, 2.75) is 6.92 Å². The second-order valence-corrected chi connectivity index (χ2v) is 4.35. The second-order valence-electron chi connectivity index (χ2n) is 4.35. The quantitative estimate of drug-likeness (QED) is 0.465. The van der Waals surface area contributed by atoms with Gasteiger partial charge in [-0.1, -0.05) is 5.16 Å². The van der Waals surface area contributed by atoms with Crippen LogP contribution < -0.4 is 14.8 Å². The lowest BCUT2D eigenvalue weighted by atomic mass is 10.1. The molecule has 0 radical (unpaired) electrons. The molecule has 1 N–H and O–H groups in total. The number of nitrogens with one attached hydrogen (secondary N) is 1. The van der Waals surface area contributed by atoms with Crippen LogP contribution in [0.2, 0.25) is 0 Å². The maximum absolute atomic E-state index is 11.3. The van der Waals surface area contributed by atoms with Gasteiger partial charge in [-0.15, -0.1) is 0 Å². The molecule has 0 aliphatic carbocycles. The summed E-state index contributed by atoms with van der Waals surface area (Å²) in [5, 5.41) is 6.16. The van der Waals surface area contributed by atoms with E-state index in [-0.39, 0.29) is 20.0 Å². The standard InChI is InChI=1S/C14H16N2O6/c1-9(10-3-4-11-12(5-10)21-8-20-11)16-22-7-14(18)19-6-13(17)15-2/h3-5H,6-8H2,1-2H3,(H,15,17)/b16-9-. The maximum atomic E-state index is 11.3. The van der Waals surface area contributed by atoms with Crippen LogP contribution in [-0.2, 0) is 19.2 Å². The van der Waals surface area contributed by atoms with E-state index in [1.165, 1.54) is 7.05 Å². The number of carbonyl (C=O) groups excluding carboxylic acids is 2. The Morgan fingerprint density at radius 2 is 2.05 bits per heavy atom. The van der Waals surface area contributed by atoms with Gasteiger partial charge in [0.1, 0.15) is 0 Å². The van der Waals surface area contributed by atoms with Gasteiger partial charge in [-0.05, 0) is 25.1 Å². The Kier molecular flexibility index (Phi) is 5.18. The highest BCUT2D eigenvalue weighted by Crippen LogP contribution is 2.32. The van der Waals surface area contributed by atoms with Gasteiger partial charge in [-0.2, -0.15) is 0 Å². The minimum Gasteiger partial charge on any atom is -0.454 e. The zero-order valence-corrected chi connectivity index (χ0v) is 12.3. The fourth-order valence-electron chi connectivity index (χ4n) is 1.62. The number of hydrogen-bond acceptors (Lipinski definition) is 7. The van der Waals surface area contributed by atoms with E-state index in [0.29, 0.717) is 17.2 Å². The summed E-state index contributed by atoms with van der Waals surface area (Å²) in [6.45, 7) is 1.21. The molecule has 8 heteroatoms. The van der Waals surface area contributed by atoms with Crippen LogP contribution in [0.3, 0.4) is 0 Å². The predicted molar refractivity (Wildman–Crippen MR) is 75.8 cm³/mol. The number of hydrogen-bond donors (Lipinski definition) is 1. The summed E-state index contributed by atoms with van der Waals surface area (Å²) in [5.74, 6) is 0.242. The summed E-state index contributed by atoms with van der Waals surface area (Å²) in [6.07, 6.45) is 0. The van der Waals surface area contributed by atoms with Crippen LogP contribution in [-0.4, -0.2) is 44.6 Å². The van der Waals surface area contributed by atoms with E-state index in [9.17, 15) is 9.59 Å². The van der Waals surface area contributed by atoms with Crippen molar-refractivity contribution in [3.8, 4) is 11.5 Å². The number of oxime groups is 1. The molecule has 1 heterocycles. The van der Waals surface area contributed by atoms with Crippen molar-refractivity contribution in [2.24, 2.45) is 5.16 Å². The van der Waals surface area contributed by atoms with Crippen LogP contribution in [0.4, 0.5) is 0 Å². The molecule has 2 rings (SSSR count). The minimum absolute atomic E-state index is 0.197. The highest BCUT2D eigenvalue weighted by molar-refractivity contribution is 5.99. The summed E-state index contributed by atoms with van der Waals surface area (Å²) in [7, 11) is 1.45. The molecule has 0 saturated heterocycles. The van der Waals surface area contributed by atoms with Gasteiger partial charge in [0.25, 0.3) is 5.91 Å². The van der Waals surface area contributed by atoms with Crippen LogP contribution in [0.15, 0.2) is 23.4 Å². The molecule has 1 aromatic carbocycles. The number of benzene rings is 1. The highest BCUT2D eigenvalue weighted by atomic mass is 16.7. The van der Waals surface area contributed by atoms with E-state index in [1.54, 1.807) is 25.1 Å². The van der Waals surface area contributed by atoms with Crippen LogP contribution >= 0.6 is 0 Å². The van der Waals surface area contributed by atoms with E-state index in [1.807, 2.05) is 0 Å². The monoisotopic (exact) mass is 308 g/mol. The van der Waals surface area contributed by atoms with E-state index in [4.69, 9.17) is 14.3 Å². The average molecular weight is 308 g/mol. The lowest BCUT2D eigenvalue weighted by Gasteiger charge is -2.04. The topological polar surface area (TPSA) is 95.5 Å². The molecule has 118 valence electrons. The van der Waals surface area contributed by atoms with Crippen LogP contribution in [0.1, 0.15) is 12.5 Å². The Morgan fingerprint density at radius 1 is 1.27 bits per heavy atom. The van der Waals surface area contributed by atoms with Gasteiger partial charge < -0.3 is 24.4 Å². The van der Waals surface area contributed by atoms with Crippen molar-refractivity contribution in [3.63, 3.8) is 0 Å². The smallest absolute Gasteiger partial charge is 0.347 e. The Bertz CT molecular complexity index is 599. The number of nitrogens with zero attached hydrogens (tertiary/aromatic N) is 1. The van der Waals surface area contributed by atoms with Gasteiger partial charge in [-0.3, -0.25) is 4.79 Å². The lowest BCUT2D eigenvalue weighted by Crippen LogP contribution is -2.26. The van der Waals surface area contributed by atoms with Crippen molar-refractivity contribution < 1.29 is 28.6 Å². The molecule has 0 saturated carbocycles. The molecule has 1 aromatic rings. The van der Waals surface area contributed by atoms with Crippen molar-refractivity contribution in [3.05, 3.63) is 23.8 Å². The zero-order chi connectivity index (χ0) is 15.9. The normalized spacial score (nSPS) is 12.7. The van der Waals surface area contributed by atoms with Gasteiger partial charge in [0, 0.05) is 12.6 Å². The third-order valence-corrected chi connectivity index (χ3v) is 2.82. The van der Waals surface area contributed by atoms with Crippen LogP contribution in [0, 0.1) is 0 Å². The molecule has 1 aliphatic rings. The number of rotatable bonds is 6. The van der Waals surface area contributed by atoms with E-state index in [2.05, 4.69) is 15.2 Å². The Labute approximate surface area is 127 Å². The van der Waals surface area contributed by atoms with Crippen molar-refractivity contribution >= 4 is 17.6 Å². The molecule has 0 bridgehead atoms. The van der Waals surface area contributed by atoms with Crippen LogP contribution in [0.25, 0.3) is 0 Å². The SMILES string of the molecule is CNC(=O)COC(=O)CO/N=C(/C)c1ccc2c(c1)OCO2. The number of amides is 1. The summed E-state index contributed by atoms with van der Waals surface area (Å²) < 4.78 is 15.1. The molecule has 0 spiro atoms. The highest BCUT2D eigenvalue weighted by Gasteiger charge is 2.14. The van der Waals surface area contributed by atoms with Crippen molar-refractivity contribution in [1.82, 2.24) is 5.32 Å². The van der Waals surface area contributed by atoms with Gasteiger partial charge >= 0.3 is 5.97 Å². The number of ether oxygens (including phenoxy) is 3. The van der Waals surface area contributed by atoms with E-state index >= 15 is 0 Å². The summed E-state index contributed by atoms with van der Waals surface area (Å²) in [4.78, 5) is 27.1. The number of fused-ring (bicyclic) bond motifs is 1. The number of esters is 1. The summed E-state index contributed by atoms with van der Waals surface area (Å²) in [6, 6.07) is 5.35. The summed E-state index contributed by atoms with van der Waals surface area (Å²) >= 11 is 0. The summed E-state index contributed by atoms with van der Waals surface area (Å²) in [5.41, 5.74) is 1.35. The van der Waals surface area contributed by atoms with E-state index < -0.39 is 11.9 Å². The molecular weight excluding hydrogens is 292 g/mol. The predicted octanol–water partition coefficient (Wildman–Crippen LogP) is 0.445. The van der Waals surface area contributed by atoms with E-state index in [0.717, 1.165) is 5.56 Å². The second kappa shape index (κ2) is 7.30. The molecule has 0 atom stereocenters. The Balaban J connectivity index is 1.82.